The van der Waals surface area contributed by atoms with Crippen LogP contribution >= 0.6 is 11.6 Å². The predicted molar refractivity (Wildman–Crippen MR) is 74.6 cm³/mol. The van der Waals surface area contributed by atoms with Gasteiger partial charge in [-0.05, 0) is 42.8 Å². The van der Waals surface area contributed by atoms with E-state index in [1.54, 1.807) is 18.2 Å². The van der Waals surface area contributed by atoms with Crippen LogP contribution in [-0.4, -0.2) is 0 Å². The lowest BCUT2D eigenvalue weighted by Gasteiger charge is -2.16. The molecule has 96 valence electrons. The van der Waals surface area contributed by atoms with Gasteiger partial charge in [-0.15, -0.1) is 0 Å². The van der Waals surface area contributed by atoms with Crippen LogP contribution in [0, 0.1) is 17.1 Å². The Bertz CT molecular complexity index is 634. The third-order valence-corrected chi connectivity index (χ3v) is 3.05. The first-order valence-electron chi connectivity index (χ1n) is 5.82. The molecule has 0 fully saturated rings. The van der Waals surface area contributed by atoms with Gasteiger partial charge in [0, 0.05) is 11.1 Å². The van der Waals surface area contributed by atoms with E-state index in [9.17, 15) is 4.39 Å². The van der Waals surface area contributed by atoms with Gasteiger partial charge in [0.2, 0.25) is 0 Å². The minimum atomic E-state index is -0.437. The Hall–Kier alpha value is -2.05. The molecule has 19 heavy (non-hydrogen) atoms. The lowest BCUT2D eigenvalue weighted by Crippen LogP contribution is -2.08. The summed E-state index contributed by atoms with van der Waals surface area (Å²) in [6.07, 6.45) is 0. The summed E-state index contributed by atoms with van der Waals surface area (Å²) in [4.78, 5) is 0. The van der Waals surface area contributed by atoms with Crippen LogP contribution in [0.2, 0.25) is 5.02 Å². The number of halogens is 2. The van der Waals surface area contributed by atoms with Crippen LogP contribution in [0.1, 0.15) is 24.1 Å². The topological polar surface area (TPSA) is 35.8 Å². The highest BCUT2D eigenvalue weighted by Crippen LogP contribution is 2.24. The van der Waals surface area contributed by atoms with E-state index in [1.807, 2.05) is 31.2 Å². The molecule has 0 radical (unpaired) electrons. The van der Waals surface area contributed by atoms with Gasteiger partial charge in [0.25, 0.3) is 0 Å². The van der Waals surface area contributed by atoms with E-state index in [-0.39, 0.29) is 6.04 Å². The van der Waals surface area contributed by atoms with Crippen molar-refractivity contribution in [2.24, 2.45) is 0 Å². The Morgan fingerprint density at radius 2 is 2.05 bits per heavy atom. The van der Waals surface area contributed by atoms with Gasteiger partial charge < -0.3 is 5.32 Å². The molecule has 0 saturated carbocycles. The highest BCUT2D eigenvalue weighted by atomic mass is 35.5. The maximum absolute atomic E-state index is 13.8. The summed E-state index contributed by atoms with van der Waals surface area (Å²) in [5, 5.41) is 12.4. The first kappa shape index (κ1) is 13.4. The lowest BCUT2D eigenvalue weighted by atomic mass is 10.1. The summed E-state index contributed by atoms with van der Waals surface area (Å²) in [6, 6.07) is 13.6. The normalized spacial score (nSPS) is 11.7. The highest BCUT2D eigenvalue weighted by Gasteiger charge is 2.09. The Balaban J connectivity index is 2.20. The van der Waals surface area contributed by atoms with E-state index in [0.29, 0.717) is 16.3 Å². The second kappa shape index (κ2) is 5.73. The second-order valence-electron chi connectivity index (χ2n) is 4.23. The van der Waals surface area contributed by atoms with Gasteiger partial charge in [-0.1, -0.05) is 23.7 Å². The number of nitrogens with zero attached hydrogens (tertiary/aromatic N) is 1. The molecule has 2 aromatic rings. The van der Waals surface area contributed by atoms with Crippen LogP contribution in [0.4, 0.5) is 10.1 Å². The van der Waals surface area contributed by atoms with Crippen molar-refractivity contribution in [3.63, 3.8) is 0 Å². The van der Waals surface area contributed by atoms with Crippen molar-refractivity contribution < 1.29 is 4.39 Å². The van der Waals surface area contributed by atoms with E-state index in [1.165, 1.54) is 6.07 Å². The van der Waals surface area contributed by atoms with Crippen molar-refractivity contribution in [3.8, 4) is 6.07 Å². The third kappa shape index (κ3) is 3.24. The maximum atomic E-state index is 13.8. The lowest BCUT2D eigenvalue weighted by molar-refractivity contribution is 0.627. The van der Waals surface area contributed by atoms with Gasteiger partial charge in [0.15, 0.2) is 0 Å². The minimum Gasteiger partial charge on any atom is -0.376 e. The van der Waals surface area contributed by atoms with Crippen LogP contribution < -0.4 is 5.32 Å². The fourth-order valence-electron chi connectivity index (χ4n) is 1.79. The fourth-order valence-corrected chi connectivity index (χ4v) is 1.99. The van der Waals surface area contributed by atoms with Crippen LogP contribution in [0.5, 0.6) is 0 Å². The zero-order chi connectivity index (χ0) is 13.8. The molecular formula is C15H12ClFN2. The third-order valence-electron chi connectivity index (χ3n) is 2.82. The number of hydrogen-bond donors (Lipinski definition) is 1. The van der Waals surface area contributed by atoms with Crippen molar-refractivity contribution >= 4 is 17.3 Å². The maximum Gasteiger partial charge on any atom is 0.147 e. The van der Waals surface area contributed by atoms with Crippen LogP contribution in [0.15, 0.2) is 42.5 Å². The summed E-state index contributed by atoms with van der Waals surface area (Å²) in [5.74, 6) is -0.437. The SMILES string of the molecule is CC(Nc1ccc(C#N)cc1F)c1cccc(Cl)c1. The van der Waals surface area contributed by atoms with Crippen molar-refractivity contribution in [1.82, 2.24) is 0 Å². The molecule has 0 heterocycles. The smallest absolute Gasteiger partial charge is 0.147 e. The van der Waals surface area contributed by atoms with E-state index in [2.05, 4.69) is 5.32 Å². The number of nitrogens with one attached hydrogen (secondary N) is 1. The van der Waals surface area contributed by atoms with Gasteiger partial charge in [0.05, 0.1) is 17.3 Å². The van der Waals surface area contributed by atoms with Crippen molar-refractivity contribution in [3.05, 3.63) is 64.4 Å². The van der Waals surface area contributed by atoms with Gasteiger partial charge in [-0.25, -0.2) is 4.39 Å². The number of hydrogen-bond acceptors (Lipinski definition) is 2. The summed E-state index contributed by atoms with van der Waals surface area (Å²) in [5.41, 5.74) is 1.64. The minimum absolute atomic E-state index is 0.0823. The Labute approximate surface area is 116 Å². The molecule has 0 spiro atoms. The Morgan fingerprint density at radius 3 is 2.68 bits per heavy atom. The zero-order valence-electron chi connectivity index (χ0n) is 10.3. The van der Waals surface area contributed by atoms with Gasteiger partial charge in [-0.2, -0.15) is 5.26 Å². The summed E-state index contributed by atoms with van der Waals surface area (Å²) >= 11 is 5.92. The van der Waals surface area contributed by atoms with Crippen LogP contribution in [0.3, 0.4) is 0 Å². The first-order valence-corrected chi connectivity index (χ1v) is 6.19. The molecule has 2 rings (SSSR count). The standard InChI is InChI=1S/C15H12ClFN2/c1-10(12-3-2-4-13(16)8-12)19-15-6-5-11(9-18)7-14(15)17/h2-8,10,19H,1H3. The molecule has 0 aliphatic rings. The molecule has 1 N–H and O–H groups in total. The predicted octanol–water partition coefficient (Wildman–Crippen LogP) is 4.52. The van der Waals surface area contributed by atoms with E-state index >= 15 is 0 Å². The molecule has 0 aliphatic heterocycles. The Kier molecular flexibility index (Phi) is 4.03. The molecule has 4 heteroatoms. The molecule has 0 saturated heterocycles. The number of benzene rings is 2. The zero-order valence-corrected chi connectivity index (χ0v) is 11.1. The molecule has 1 atom stereocenters. The average molecular weight is 275 g/mol. The molecule has 2 aromatic carbocycles. The molecule has 2 nitrogen and oxygen atoms in total. The molecule has 0 aromatic heterocycles. The van der Waals surface area contributed by atoms with Gasteiger partial charge in [0.1, 0.15) is 5.82 Å². The van der Waals surface area contributed by atoms with Crippen molar-refractivity contribution in [2.45, 2.75) is 13.0 Å². The quantitative estimate of drug-likeness (QED) is 0.893. The number of nitriles is 1. The average Bonchev–Trinajstić information content (AvgIpc) is 2.41. The van der Waals surface area contributed by atoms with E-state index in [0.717, 1.165) is 5.56 Å². The molecule has 1 unspecified atom stereocenters. The monoisotopic (exact) mass is 274 g/mol. The highest BCUT2D eigenvalue weighted by molar-refractivity contribution is 6.30. The van der Waals surface area contributed by atoms with Crippen LogP contribution in [-0.2, 0) is 0 Å². The molecular weight excluding hydrogens is 263 g/mol. The number of anilines is 1. The van der Waals surface area contributed by atoms with Crippen molar-refractivity contribution in [2.75, 3.05) is 5.32 Å². The fraction of sp³-hybridized carbons (Fsp3) is 0.133. The molecule has 0 amide bonds. The van der Waals surface area contributed by atoms with E-state index < -0.39 is 5.82 Å². The molecule has 0 aliphatic carbocycles. The van der Waals surface area contributed by atoms with E-state index in [4.69, 9.17) is 16.9 Å². The van der Waals surface area contributed by atoms with Gasteiger partial charge in [-0.3, -0.25) is 0 Å². The first-order chi connectivity index (χ1) is 9.10. The van der Waals surface area contributed by atoms with Crippen molar-refractivity contribution in [1.29, 1.82) is 5.26 Å². The number of rotatable bonds is 3. The van der Waals surface area contributed by atoms with Crippen LogP contribution in [0.25, 0.3) is 0 Å². The largest absolute Gasteiger partial charge is 0.376 e. The molecule has 0 bridgehead atoms. The van der Waals surface area contributed by atoms with Gasteiger partial charge >= 0.3 is 0 Å². The summed E-state index contributed by atoms with van der Waals surface area (Å²) in [7, 11) is 0. The summed E-state index contributed by atoms with van der Waals surface area (Å²) < 4.78 is 13.8. The second-order valence-corrected chi connectivity index (χ2v) is 4.66. The Morgan fingerprint density at radius 1 is 1.26 bits per heavy atom. The summed E-state index contributed by atoms with van der Waals surface area (Å²) in [6.45, 7) is 1.92.